The highest BCUT2D eigenvalue weighted by Gasteiger charge is 2.31. The van der Waals surface area contributed by atoms with Crippen LogP contribution in [0.2, 0.25) is 0 Å². The van der Waals surface area contributed by atoms with E-state index in [1.807, 2.05) is 19.9 Å². The molecule has 0 amide bonds. The molecule has 0 aliphatic rings. The molecule has 1 heterocycles. The Bertz CT molecular complexity index is 594. The van der Waals surface area contributed by atoms with Gasteiger partial charge in [0.1, 0.15) is 5.75 Å². The molecule has 0 spiro atoms. The molecule has 0 aliphatic heterocycles. The van der Waals surface area contributed by atoms with Crippen molar-refractivity contribution in [2.75, 3.05) is 0 Å². The van der Waals surface area contributed by atoms with Crippen LogP contribution in [0, 0.1) is 0 Å². The van der Waals surface area contributed by atoms with E-state index in [9.17, 15) is 13.2 Å². The maximum atomic E-state index is 12.2. The van der Waals surface area contributed by atoms with Gasteiger partial charge in [-0.1, -0.05) is 26.0 Å². The summed E-state index contributed by atoms with van der Waals surface area (Å²) in [4.78, 5) is 4.23. The first-order chi connectivity index (χ1) is 9.35. The van der Waals surface area contributed by atoms with Crippen molar-refractivity contribution in [3.8, 4) is 16.9 Å². The largest absolute Gasteiger partial charge is 0.573 e. The number of hydrogen-bond acceptors (Lipinski definition) is 2. The van der Waals surface area contributed by atoms with Crippen molar-refractivity contribution in [2.45, 2.75) is 26.1 Å². The summed E-state index contributed by atoms with van der Waals surface area (Å²) < 4.78 is 40.6. The SMILES string of the molecule is CC(C)c1cc(-c2cccc(OC(F)(F)F)c2)ccn1. The number of halogens is 3. The van der Waals surface area contributed by atoms with Gasteiger partial charge in [-0.3, -0.25) is 4.98 Å². The topological polar surface area (TPSA) is 22.1 Å². The number of nitrogens with zero attached hydrogens (tertiary/aromatic N) is 1. The fourth-order valence-corrected chi connectivity index (χ4v) is 1.82. The molecule has 2 nitrogen and oxygen atoms in total. The Kier molecular flexibility index (Phi) is 3.97. The van der Waals surface area contributed by atoms with Gasteiger partial charge < -0.3 is 4.74 Å². The van der Waals surface area contributed by atoms with Gasteiger partial charge in [0.05, 0.1) is 0 Å². The van der Waals surface area contributed by atoms with Crippen molar-refractivity contribution in [2.24, 2.45) is 0 Å². The molecule has 5 heteroatoms. The molecule has 0 saturated heterocycles. The van der Waals surface area contributed by atoms with Crippen LogP contribution < -0.4 is 4.74 Å². The summed E-state index contributed by atoms with van der Waals surface area (Å²) in [5.41, 5.74) is 2.37. The standard InChI is InChI=1S/C15H14F3NO/c1-10(2)14-9-12(6-7-19-14)11-4-3-5-13(8-11)20-15(16,17)18/h3-10H,1-2H3. The Balaban J connectivity index is 2.33. The molecular formula is C15H14F3NO. The molecule has 0 saturated carbocycles. The monoisotopic (exact) mass is 281 g/mol. The van der Waals surface area contributed by atoms with E-state index in [1.54, 1.807) is 18.3 Å². The summed E-state index contributed by atoms with van der Waals surface area (Å²) >= 11 is 0. The van der Waals surface area contributed by atoms with Crippen LogP contribution in [0.5, 0.6) is 5.75 Å². The molecule has 0 radical (unpaired) electrons. The van der Waals surface area contributed by atoms with Gasteiger partial charge in [-0.25, -0.2) is 0 Å². The number of pyridine rings is 1. The van der Waals surface area contributed by atoms with Gasteiger partial charge in [0.15, 0.2) is 0 Å². The first-order valence-corrected chi connectivity index (χ1v) is 6.17. The normalized spacial score (nSPS) is 11.7. The summed E-state index contributed by atoms with van der Waals surface area (Å²) in [5, 5.41) is 0. The van der Waals surface area contributed by atoms with E-state index in [0.29, 0.717) is 5.56 Å². The maximum Gasteiger partial charge on any atom is 0.573 e. The highest BCUT2D eigenvalue weighted by molar-refractivity contribution is 5.65. The Morgan fingerprint density at radius 1 is 1.05 bits per heavy atom. The molecule has 0 fully saturated rings. The number of alkyl halides is 3. The summed E-state index contributed by atoms with van der Waals surface area (Å²) in [6, 6.07) is 9.55. The van der Waals surface area contributed by atoms with Crippen molar-refractivity contribution in [3.05, 3.63) is 48.3 Å². The molecule has 0 N–H and O–H groups in total. The average molecular weight is 281 g/mol. The number of ether oxygens (including phenoxy) is 1. The molecule has 2 aromatic rings. The van der Waals surface area contributed by atoms with Gasteiger partial charge in [-0.15, -0.1) is 13.2 Å². The molecule has 106 valence electrons. The number of benzene rings is 1. The lowest BCUT2D eigenvalue weighted by Gasteiger charge is -2.11. The fraction of sp³-hybridized carbons (Fsp3) is 0.267. The van der Waals surface area contributed by atoms with Gasteiger partial charge in [0, 0.05) is 11.9 Å². The zero-order valence-electron chi connectivity index (χ0n) is 11.1. The zero-order chi connectivity index (χ0) is 14.8. The van der Waals surface area contributed by atoms with Crippen molar-refractivity contribution in [1.82, 2.24) is 4.98 Å². The molecular weight excluding hydrogens is 267 g/mol. The van der Waals surface area contributed by atoms with Crippen LogP contribution in [0.4, 0.5) is 13.2 Å². The van der Waals surface area contributed by atoms with Crippen molar-refractivity contribution in [1.29, 1.82) is 0 Å². The molecule has 1 aromatic heterocycles. The van der Waals surface area contributed by atoms with Gasteiger partial charge in [0.25, 0.3) is 0 Å². The Hall–Kier alpha value is -2.04. The summed E-state index contributed by atoms with van der Waals surface area (Å²) in [6.45, 7) is 4.02. The second-order valence-corrected chi connectivity index (χ2v) is 4.70. The molecule has 0 aliphatic carbocycles. The molecule has 0 bridgehead atoms. The number of rotatable bonds is 3. The molecule has 1 aromatic carbocycles. The van der Waals surface area contributed by atoms with Crippen molar-refractivity contribution >= 4 is 0 Å². The van der Waals surface area contributed by atoms with Crippen LogP contribution >= 0.6 is 0 Å². The minimum absolute atomic E-state index is 0.224. The zero-order valence-corrected chi connectivity index (χ0v) is 11.1. The highest BCUT2D eigenvalue weighted by Crippen LogP contribution is 2.28. The van der Waals surface area contributed by atoms with E-state index in [1.165, 1.54) is 18.2 Å². The predicted octanol–water partition coefficient (Wildman–Crippen LogP) is 4.77. The van der Waals surface area contributed by atoms with Crippen LogP contribution in [0.3, 0.4) is 0 Å². The van der Waals surface area contributed by atoms with Crippen LogP contribution in [0.25, 0.3) is 11.1 Å². The molecule has 2 rings (SSSR count). The predicted molar refractivity (Wildman–Crippen MR) is 70.4 cm³/mol. The third kappa shape index (κ3) is 3.73. The van der Waals surface area contributed by atoms with E-state index < -0.39 is 6.36 Å². The summed E-state index contributed by atoms with van der Waals surface area (Å²) in [6.07, 6.45) is -3.03. The van der Waals surface area contributed by atoms with E-state index in [4.69, 9.17) is 0 Å². The number of aromatic nitrogens is 1. The minimum Gasteiger partial charge on any atom is -0.406 e. The highest BCUT2D eigenvalue weighted by atomic mass is 19.4. The lowest BCUT2D eigenvalue weighted by Crippen LogP contribution is -2.17. The molecule has 0 unspecified atom stereocenters. The second-order valence-electron chi connectivity index (χ2n) is 4.70. The first kappa shape index (κ1) is 14.4. The van der Waals surface area contributed by atoms with Crippen LogP contribution in [-0.2, 0) is 0 Å². The lowest BCUT2D eigenvalue weighted by molar-refractivity contribution is -0.274. The van der Waals surface area contributed by atoms with Crippen LogP contribution in [0.15, 0.2) is 42.6 Å². The van der Waals surface area contributed by atoms with Crippen LogP contribution in [-0.4, -0.2) is 11.3 Å². The smallest absolute Gasteiger partial charge is 0.406 e. The second kappa shape index (κ2) is 5.53. The van der Waals surface area contributed by atoms with E-state index in [2.05, 4.69) is 9.72 Å². The van der Waals surface area contributed by atoms with E-state index >= 15 is 0 Å². The first-order valence-electron chi connectivity index (χ1n) is 6.17. The van der Waals surface area contributed by atoms with E-state index in [0.717, 1.165) is 11.3 Å². The Morgan fingerprint density at radius 2 is 1.75 bits per heavy atom. The van der Waals surface area contributed by atoms with Crippen molar-refractivity contribution < 1.29 is 17.9 Å². The number of hydrogen-bond donors (Lipinski definition) is 0. The molecule has 0 atom stereocenters. The lowest BCUT2D eigenvalue weighted by atomic mass is 10.0. The van der Waals surface area contributed by atoms with E-state index in [-0.39, 0.29) is 11.7 Å². The Morgan fingerprint density at radius 3 is 2.40 bits per heavy atom. The van der Waals surface area contributed by atoms with Crippen molar-refractivity contribution in [3.63, 3.8) is 0 Å². The van der Waals surface area contributed by atoms with Crippen LogP contribution in [0.1, 0.15) is 25.5 Å². The fourth-order valence-electron chi connectivity index (χ4n) is 1.82. The van der Waals surface area contributed by atoms with Gasteiger partial charge in [-0.05, 0) is 41.3 Å². The molecule has 20 heavy (non-hydrogen) atoms. The van der Waals surface area contributed by atoms with Gasteiger partial charge in [-0.2, -0.15) is 0 Å². The average Bonchev–Trinajstić information content (AvgIpc) is 2.37. The summed E-state index contributed by atoms with van der Waals surface area (Å²) in [5.74, 6) is 0.0301. The third-order valence-corrected chi connectivity index (χ3v) is 2.77. The minimum atomic E-state index is -4.68. The maximum absolute atomic E-state index is 12.2. The van der Waals surface area contributed by atoms with Gasteiger partial charge in [0.2, 0.25) is 0 Å². The quantitative estimate of drug-likeness (QED) is 0.808. The Labute approximate surface area is 115 Å². The van der Waals surface area contributed by atoms with Gasteiger partial charge >= 0.3 is 6.36 Å². The third-order valence-electron chi connectivity index (χ3n) is 2.77. The summed E-state index contributed by atoms with van der Waals surface area (Å²) in [7, 11) is 0.